The van der Waals surface area contributed by atoms with Gasteiger partial charge in [0.25, 0.3) is 0 Å². The zero-order chi connectivity index (χ0) is 24.7. The Bertz CT molecular complexity index is 1140. The number of benzene rings is 1. The van der Waals surface area contributed by atoms with Crippen molar-refractivity contribution in [3.8, 4) is 0 Å². The highest BCUT2D eigenvalue weighted by molar-refractivity contribution is 9.12. The average Bonchev–Trinajstić information content (AvgIpc) is 2.95. The quantitative estimate of drug-likeness (QED) is 0.374. The van der Waals surface area contributed by atoms with Crippen molar-refractivity contribution in [2.24, 2.45) is 5.92 Å². The lowest BCUT2D eigenvalue weighted by Gasteiger charge is -2.45. The van der Waals surface area contributed by atoms with E-state index < -0.39 is 11.7 Å². The smallest absolute Gasteiger partial charge is 0.246 e. The molecule has 2 fully saturated rings. The molecule has 2 aliphatic heterocycles. The van der Waals surface area contributed by atoms with Crippen LogP contribution in [0.15, 0.2) is 50.6 Å². The Morgan fingerprint density at radius 3 is 2.54 bits per heavy atom. The van der Waals surface area contributed by atoms with Gasteiger partial charge in [-0.15, -0.1) is 0 Å². The third-order valence-corrected chi connectivity index (χ3v) is 9.18. The molecular weight excluding hydrogens is 599 g/mol. The van der Waals surface area contributed by atoms with Crippen molar-refractivity contribution in [1.82, 2.24) is 10.2 Å². The van der Waals surface area contributed by atoms with Crippen molar-refractivity contribution in [1.29, 1.82) is 0 Å². The summed E-state index contributed by atoms with van der Waals surface area (Å²) in [6.07, 6.45) is 10.6. The number of carbonyl (C=O) groups excluding carboxylic acids is 2. The number of hydrogen-bond acceptors (Lipinski definition) is 3. The molecule has 1 saturated heterocycles. The summed E-state index contributed by atoms with van der Waals surface area (Å²) in [5.41, 5.74) is 2.07. The Morgan fingerprint density at radius 1 is 1.11 bits per heavy atom. The summed E-state index contributed by atoms with van der Waals surface area (Å²) in [4.78, 5) is 26.3. The number of likely N-dealkylation sites (tertiary alicyclic amines) is 1. The summed E-state index contributed by atoms with van der Waals surface area (Å²) < 4.78 is 19.3. The van der Waals surface area contributed by atoms with Gasteiger partial charge in [-0.05, 0) is 83.8 Å². The fraction of sp³-hybridized carbons (Fsp3) is 0.481. The summed E-state index contributed by atoms with van der Waals surface area (Å²) >= 11 is 13.5. The molecule has 2 heterocycles. The largest absolute Gasteiger partial charge is 0.380 e. The number of amides is 1. The number of nitrogens with zero attached hydrogens (tertiary/aromatic N) is 1. The third-order valence-electron chi connectivity index (χ3n) is 7.88. The number of nitrogens with one attached hydrogen (secondary N) is 1. The molecule has 0 radical (unpaired) electrons. The molecule has 1 amide bonds. The number of fused-ring (bicyclic) bond motifs is 2. The Morgan fingerprint density at radius 2 is 1.83 bits per heavy atom. The lowest BCUT2D eigenvalue weighted by Crippen LogP contribution is -2.53. The van der Waals surface area contributed by atoms with E-state index in [1.807, 2.05) is 23.2 Å². The van der Waals surface area contributed by atoms with Crippen molar-refractivity contribution >= 4 is 55.2 Å². The first-order valence-electron chi connectivity index (χ1n) is 12.2. The molecule has 1 unspecified atom stereocenters. The standard InChI is InChI=1S/C27H28Br2ClFN2O2/c28-20-12-18-4-3-17-13-21(30)14-23(29)25(17)27(31,26(18)32-15-20)19-7-9-33(10-8-19)24(35)11-16-1-5-22(34)6-2-16/h11-15,19,26,32H,1-10H2/t26?,27-/m0/s1. The first-order valence-corrected chi connectivity index (χ1v) is 14.2. The minimum absolute atomic E-state index is 0.0156. The second-order valence-electron chi connectivity index (χ2n) is 9.98. The van der Waals surface area contributed by atoms with Gasteiger partial charge in [-0.3, -0.25) is 9.59 Å². The number of piperidine rings is 1. The predicted molar refractivity (Wildman–Crippen MR) is 143 cm³/mol. The maximum atomic E-state index is 17.7. The molecule has 0 bridgehead atoms. The van der Waals surface area contributed by atoms with Crippen LogP contribution in [0.2, 0.25) is 5.02 Å². The van der Waals surface area contributed by atoms with E-state index in [2.05, 4.69) is 37.2 Å². The Balaban J connectivity index is 1.41. The number of aryl methyl sites for hydroxylation is 1. The minimum Gasteiger partial charge on any atom is -0.380 e. The van der Waals surface area contributed by atoms with Gasteiger partial charge < -0.3 is 10.2 Å². The van der Waals surface area contributed by atoms with Crippen molar-refractivity contribution < 1.29 is 14.0 Å². The van der Waals surface area contributed by atoms with Gasteiger partial charge in [0.2, 0.25) is 5.91 Å². The van der Waals surface area contributed by atoms with E-state index in [9.17, 15) is 9.59 Å². The van der Waals surface area contributed by atoms with Gasteiger partial charge in [0.15, 0.2) is 5.67 Å². The zero-order valence-electron chi connectivity index (χ0n) is 19.4. The van der Waals surface area contributed by atoms with Crippen molar-refractivity contribution in [3.63, 3.8) is 0 Å². The average molecular weight is 627 g/mol. The SMILES string of the molecule is O=C1CCC(=CC(=O)N2CCC([C@]3(F)c4c(Br)cc(Cl)cc4CCC4=CC(Br)=CNC43)CC2)CC1. The zero-order valence-corrected chi connectivity index (χ0v) is 23.3. The topological polar surface area (TPSA) is 49.4 Å². The molecule has 186 valence electrons. The highest BCUT2D eigenvalue weighted by Crippen LogP contribution is 2.52. The highest BCUT2D eigenvalue weighted by atomic mass is 79.9. The first kappa shape index (κ1) is 25.2. The van der Waals surface area contributed by atoms with E-state index in [4.69, 9.17) is 11.6 Å². The number of allylic oxidation sites excluding steroid dienone is 3. The van der Waals surface area contributed by atoms with Gasteiger partial charge in [-0.1, -0.05) is 33.1 Å². The monoisotopic (exact) mass is 624 g/mol. The van der Waals surface area contributed by atoms with Crippen molar-refractivity contribution in [2.45, 2.75) is 63.1 Å². The molecule has 1 aromatic rings. The molecule has 35 heavy (non-hydrogen) atoms. The molecule has 0 aromatic heterocycles. The summed E-state index contributed by atoms with van der Waals surface area (Å²) in [5, 5.41) is 3.95. The number of Topliss-reactive ketones (excluding diaryl/α,β-unsaturated/α-hetero) is 1. The van der Waals surface area contributed by atoms with Gasteiger partial charge in [0, 0.05) is 63.7 Å². The number of carbonyl (C=O) groups is 2. The van der Waals surface area contributed by atoms with Gasteiger partial charge in [-0.25, -0.2) is 4.39 Å². The minimum atomic E-state index is -1.65. The second kappa shape index (κ2) is 10.1. The number of dihydropyridines is 1. The lowest BCUT2D eigenvalue weighted by atomic mass is 9.70. The highest BCUT2D eigenvalue weighted by Gasteiger charge is 2.53. The molecule has 2 atom stereocenters. The normalized spacial score (nSPS) is 27.2. The van der Waals surface area contributed by atoms with Crippen LogP contribution in [0, 0.1) is 5.92 Å². The molecule has 2 aliphatic carbocycles. The summed E-state index contributed by atoms with van der Waals surface area (Å²) in [5.74, 6) is -0.00316. The first-order chi connectivity index (χ1) is 16.8. The maximum absolute atomic E-state index is 17.7. The number of halogens is 4. The third kappa shape index (κ3) is 4.93. The van der Waals surface area contributed by atoms with Crippen LogP contribution in [0.3, 0.4) is 0 Å². The van der Waals surface area contributed by atoms with Crippen LogP contribution in [-0.2, 0) is 21.7 Å². The van der Waals surface area contributed by atoms with E-state index in [0.29, 0.717) is 66.7 Å². The van der Waals surface area contributed by atoms with Crippen molar-refractivity contribution in [2.75, 3.05) is 13.1 Å². The van der Waals surface area contributed by atoms with Gasteiger partial charge in [0.1, 0.15) is 5.78 Å². The van der Waals surface area contributed by atoms with E-state index in [1.54, 1.807) is 12.1 Å². The van der Waals surface area contributed by atoms with Crippen LogP contribution in [0.25, 0.3) is 0 Å². The van der Waals surface area contributed by atoms with Crippen LogP contribution >= 0.6 is 43.5 Å². The van der Waals surface area contributed by atoms with E-state index in [-0.39, 0.29) is 17.6 Å². The van der Waals surface area contributed by atoms with Crippen LogP contribution in [0.5, 0.6) is 0 Å². The summed E-state index contributed by atoms with van der Waals surface area (Å²) in [7, 11) is 0. The number of rotatable bonds is 2. The molecule has 1 aromatic carbocycles. The molecule has 1 saturated carbocycles. The molecule has 4 aliphatic rings. The number of hydrogen-bond donors (Lipinski definition) is 1. The second-order valence-corrected chi connectivity index (χ2v) is 12.2. The fourth-order valence-electron chi connectivity index (χ4n) is 6.08. The lowest BCUT2D eigenvalue weighted by molar-refractivity contribution is -0.128. The Labute approximate surface area is 227 Å². The van der Waals surface area contributed by atoms with E-state index in [1.165, 1.54) is 0 Å². The van der Waals surface area contributed by atoms with Crippen LogP contribution < -0.4 is 5.32 Å². The van der Waals surface area contributed by atoms with E-state index in [0.717, 1.165) is 34.0 Å². The van der Waals surface area contributed by atoms with Crippen LogP contribution in [-0.4, -0.2) is 35.7 Å². The van der Waals surface area contributed by atoms with Gasteiger partial charge in [-0.2, -0.15) is 0 Å². The molecular formula is C27H28Br2ClFN2O2. The molecule has 0 spiro atoms. The number of alkyl halides is 1. The number of ketones is 1. The molecule has 4 nitrogen and oxygen atoms in total. The Kier molecular flexibility index (Phi) is 7.30. The van der Waals surface area contributed by atoms with Gasteiger partial charge >= 0.3 is 0 Å². The van der Waals surface area contributed by atoms with Crippen molar-refractivity contribution in [3.05, 3.63) is 66.7 Å². The summed E-state index contributed by atoms with van der Waals surface area (Å²) in [6, 6.07) is 3.21. The van der Waals surface area contributed by atoms with Gasteiger partial charge in [0.05, 0.1) is 6.04 Å². The molecule has 8 heteroatoms. The molecule has 1 N–H and O–H groups in total. The fourth-order valence-corrected chi connectivity index (χ4v) is 7.68. The van der Waals surface area contributed by atoms with E-state index >= 15 is 4.39 Å². The van der Waals surface area contributed by atoms with Crippen LogP contribution in [0.1, 0.15) is 56.1 Å². The van der Waals surface area contributed by atoms with Crippen LogP contribution in [0.4, 0.5) is 4.39 Å². The Hall–Kier alpha value is -1.44. The molecule has 5 rings (SSSR count). The predicted octanol–water partition coefficient (Wildman–Crippen LogP) is 6.66. The summed E-state index contributed by atoms with van der Waals surface area (Å²) in [6.45, 7) is 1.04. The maximum Gasteiger partial charge on any atom is 0.246 e.